The highest BCUT2D eigenvalue weighted by molar-refractivity contribution is 6.18. The predicted octanol–water partition coefficient (Wildman–Crippen LogP) is -1.66. The molecule has 30 valence electrons. The topological polar surface area (TPSA) is 51.6 Å². The van der Waals surface area contributed by atoms with Crippen LogP contribution in [-0.4, -0.2) is 29.6 Å². The first-order valence-corrected chi connectivity index (χ1v) is 2.63. The Labute approximate surface area is 36.4 Å². The second kappa shape index (κ2) is 1.66. The quantitative estimate of drug-likeness (QED) is 0.364. The summed E-state index contributed by atoms with van der Waals surface area (Å²) in [7, 11) is -0.0220. The minimum Gasteiger partial charge on any atom is -0.189 e. The number of rotatable bonds is 0. The van der Waals surface area contributed by atoms with Crippen molar-refractivity contribution < 1.29 is 0 Å². The zero-order valence-corrected chi connectivity index (χ0v) is 4.10. The molecule has 0 saturated heterocycles. The van der Waals surface area contributed by atoms with Gasteiger partial charge >= 0.3 is 0 Å². The van der Waals surface area contributed by atoms with Gasteiger partial charge in [0.25, 0.3) is 0 Å². The number of hydrogen-bond acceptors (Lipinski definition) is 4. The fourth-order valence-electron chi connectivity index (χ4n) is 0.165. The molecule has 1 aromatic heterocycles. The van der Waals surface area contributed by atoms with Gasteiger partial charge in [-0.25, -0.2) is 0 Å². The molecule has 0 aliphatic carbocycles. The van der Waals surface area contributed by atoms with Crippen LogP contribution in [0.5, 0.6) is 0 Å². The number of nitrogens with zero attached hydrogens (tertiary/aromatic N) is 4. The van der Waals surface area contributed by atoms with Gasteiger partial charge in [0.05, 0.1) is 5.81 Å². The van der Waals surface area contributed by atoms with Crippen LogP contribution < -0.4 is 0 Å². The summed E-state index contributed by atoms with van der Waals surface area (Å²) in [5.74, 6) is 1.67. The molecule has 0 aliphatic heterocycles. The van der Waals surface area contributed by atoms with Gasteiger partial charge in [0.2, 0.25) is 0 Å². The summed E-state index contributed by atoms with van der Waals surface area (Å²) in [6.07, 6.45) is 0. The molecular formula is CH2N4Si. The van der Waals surface area contributed by atoms with Crippen LogP contribution in [0.1, 0.15) is 0 Å². The third-order valence-corrected chi connectivity index (χ3v) is 0.847. The molecule has 6 heavy (non-hydrogen) atoms. The molecule has 0 N–H and O–H groups in total. The molecule has 1 aromatic rings. The Hall–Kier alpha value is -0.713. The number of aromatic nitrogens is 4. The molecule has 0 spiro atoms. The van der Waals surface area contributed by atoms with Crippen LogP contribution in [0.2, 0.25) is 0 Å². The highest BCUT2D eigenvalue weighted by Gasteiger charge is 1.62. The van der Waals surface area contributed by atoms with E-state index in [0.717, 1.165) is 0 Å². The Balaban J connectivity index is 3.00. The lowest BCUT2D eigenvalue weighted by Gasteiger charge is -1.66. The first kappa shape index (κ1) is 3.48. The highest BCUT2D eigenvalue weighted by atomic mass is 28.2. The van der Waals surface area contributed by atoms with E-state index in [4.69, 9.17) is 0 Å². The maximum atomic E-state index is 3.57. The number of hydrogen-bond donors (Lipinski definition) is 0. The van der Waals surface area contributed by atoms with Gasteiger partial charge in [0, 0.05) is 0 Å². The van der Waals surface area contributed by atoms with E-state index >= 15 is 0 Å². The first-order valence-electron chi connectivity index (χ1n) is 1.45. The molecule has 0 fully saturated rings. The molecule has 0 aromatic carbocycles. The summed E-state index contributed by atoms with van der Waals surface area (Å²) in [6.45, 7) is 0. The van der Waals surface area contributed by atoms with E-state index in [-0.39, 0.29) is 9.29 Å². The molecule has 0 atom stereocenters. The molecule has 0 saturated carbocycles. The normalized spacial score (nSPS) is 8.00. The Bertz CT molecular complexity index is 79.5. The maximum absolute atomic E-state index is 3.57. The van der Waals surface area contributed by atoms with E-state index in [9.17, 15) is 0 Å². The molecular weight excluding hydrogens is 96.1 g/mol. The fourth-order valence-corrected chi connectivity index (χ4v) is 0.450. The molecule has 1 heterocycles. The molecule has 0 bridgehead atoms. The summed E-state index contributed by atoms with van der Waals surface area (Å²) in [5, 5.41) is 9.95. The Morgan fingerprint density at radius 3 is 2.50 bits per heavy atom. The van der Waals surface area contributed by atoms with Gasteiger partial charge in [-0.3, -0.25) is 0 Å². The van der Waals surface area contributed by atoms with Crippen LogP contribution in [-0.2, 0) is 0 Å². The summed E-state index contributed by atoms with van der Waals surface area (Å²) in [5.41, 5.74) is 0. The van der Waals surface area contributed by atoms with Gasteiger partial charge in [-0.05, 0) is 10.4 Å². The lowest BCUT2D eigenvalue weighted by atomic mass is 11.6. The van der Waals surface area contributed by atoms with Crippen molar-refractivity contribution in [2.75, 3.05) is 0 Å². The summed E-state index contributed by atoms with van der Waals surface area (Å²) in [6, 6.07) is 0. The zero-order valence-electron chi connectivity index (χ0n) is 2.94. The Morgan fingerprint density at radius 2 is 2.33 bits per heavy atom. The molecule has 0 amide bonds. The zero-order chi connectivity index (χ0) is 4.24. The van der Waals surface area contributed by atoms with E-state index in [1.54, 1.807) is 5.81 Å². The van der Waals surface area contributed by atoms with Gasteiger partial charge in [-0.2, -0.15) is 4.75 Å². The minimum absolute atomic E-state index is 0.0220. The van der Waals surface area contributed by atoms with Crippen LogP contribution in [0.3, 0.4) is 0 Å². The van der Waals surface area contributed by atoms with Crippen LogP contribution in [0.25, 0.3) is 0 Å². The summed E-state index contributed by atoms with van der Waals surface area (Å²) in [4.78, 5) is 0. The maximum Gasteiger partial charge on any atom is 0.193 e. The predicted molar refractivity (Wildman–Crippen MR) is 20.4 cm³/mol. The summed E-state index contributed by atoms with van der Waals surface area (Å²) < 4.78 is 3.57. The second-order valence-corrected chi connectivity index (χ2v) is 1.54. The lowest BCUT2D eigenvalue weighted by molar-refractivity contribution is 0.802. The van der Waals surface area contributed by atoms with E-state index in [2.05, 4.69) is 20.3 Å². The standard InChI is InChI=1S/CH2N4Si/c1-2-3-4-5-6-1/h1,6H. The third-order valence-electron chi connectivity index (χ3n) is 0.343. The third kappa shape index (κ3) is 0.615. The average Bonchev–Trinajstić information content (AvgIpc) is 1.72. The van der Waals surface area contributed by atoms with E-state index < -0.39 is 0 Å². The molecule has 0 aliphatic rings. The van der Waals surface area contributed by atoms with E-state index in [1.807, 2.05) is 0 Å². The van der Waals surface area contributed by atoms with Crippen molar-refractivity contribution in [2.45, 2.75) is 0 Å². The largest absolute Gasteiger partial charge is 0.193 e. The van der Waals surface area contributed by atoms with Crippen LogP contribution in [0.15, 0.2) is 5.81 Å². The molecule has 5 heteroatoms. The van der Waals surface area contributed by atoms with Crippen LogP contribution in [0.4, 0.5) is 0 Å². The summed E-state index contributed by atoms with van der Waals surface area (Å²) >= 11 is 0. The van der Waals surface area contributed by atoms with Crippen molar-refractivity contribution in [1.82, 2.24) is 20.3 Å². The fraction of sp³-hybridized carbons (Fsp3) is 0. The first-order chi connectivity index (χ1) is 3.00. The van der Waals surface area contributed by atoms with Crippen molar-refractivity contribution >= 4 is 9.29 Å². The molecule has 1 rings (SSSR count). The van der Waals surface area contributed by atoms with Crippen molar-refractivity contribution in [3.63, 3.8) is 0 Å². The highest BCUT2D eigenvalue weighted by Crippen LogP contribution is 1.41. The van der Waals surface area contributed by atoms with E-state index in [0.29, 0.717) is 0 Å². The van der Waals surface area contributed by atoms with Gasteiger partial charge in [0.15, 0.2) is 9.29 Å². The Morgan fingerprint density at radius 1 is 1.33 bits per heavy atom. The van der Waals surface area contributed by atoms with Crippen molar-refractivity contribution in [3.8, 4) is 0 Å². The Kier molecular flexibility index (Phi) is 0.960. The van der Waals surface area contributed by atoms with Gasteiger partial charge in [-0.1, -0.05) is 0 Å². The van der Waals surface area contributed by atoms with Crippen LogP contribution in [0, 0.1) is 0 Å². The van der Waals surface area contributed by atoms with E-state index in [1.165, 1.54) is 0 Å². The van der Waals surface area contributed by atoms with Gasteiger partial charge in [-0.15, -0.1) is 5.10 Å². The molecule has 4 nitrogen and oxygen atoms in total. The van der Waals surface area contributed by atoms with Gasteiger partial charge in [0.1, 0.15) is 0 Å². The van der Waals surface area contributed by atoms with Gasteiger partial charge < -0.3 is 0 Å². The van der Waals surface area contributed by atoms with Crippen LogP contribution >= 0.6 is 0 Å². The minimum atomic E-state index is -0.0220. The SMILES string of the molecule is c1nnnn[siH]1. The average molecular weight is 98.1 g/mol. The monoisotopic (exact) mass is 98.0 g/mol. The van der Waals surface area contributed by atoms with Crippen molar-refractivity contribution in [2.24, 2.45) is 0 Å². The van der Waals surface area contributed by atoms with Crippen molar-refractivity contribution in [1.29, 1.82) is 0 Å². The smallest absolute Gasteiger partial charge is 0.189 e. The van der Waals surface area contributed by atoms with Crippen molar-refractivity contribution in [3.05, 3.63) is 5.81 Å². The molecule has 0 unspecified atom stereocenters. The molecule has 0 radical (unpaired) electrons. The second-order valence-electron chi connectivity index (χ2n) is 0.708. The lowest BCUT2D eigenvalue weighted by Crippen LogP contribution is -1.90.